The number of hydrogen-bond donors (Lipinski definition) is 2. The molecule has 0 spiro atoms. The lowest BCUT2D eigenvalue weighted by molar-refractivity contribution is 0.0678. The van der Waals surface area contributed by atoms with Gasteiger partial charge in [0.1, 0.15) is 29.7 Å². The minimum atomic E-state index is -1.10. The van der Waals surface area contributed by atoms with Crippen molar-refractivity contribution in [2.75, 3.05) is 11.7 Å². The number of nitrogens with one attached hydrogen (secondary N) is 1. The van der Waals surface area contributed by atoms with Crippen molar-refractivity contribution in [3.05, 3.63) is 97.7 Å². The van der Waals surface area contributed by atoms with E-state index in [4.69, 9.17) is 0 Å². The Balaban J connectivity index is 1.51. The maximum absolute atomic E-state index is 14.1. The predicted molar refractivity (Wildman–Crippen MR) is 118 cm³/mol. The predicted octanol–water partition coefficient (Wildman–Crippen LogP) is 2.27. The smallest absolute Gasteiger partial charge is 0.278 e. The van der Waals surface area contributed by atoms with Crippen LogP contribution in [0.5, 0.6) is 5.75 Å². The van der Waals surface area contributed by atoms with Crippen molar-refractivity contribution in [2.24, 2.45) is 0 Å². The summed E-state index contributed by atoms with van der Waals surface area (Å²) in [6, 6.07) is 6.41. The average Bonchev–Trinajstić information content (AvgIpc) is 2.96. The highest BCUT2D eigenvalue weighted by atomic mass is 19.1. The summed E-state index contributed by atoms with van der Waals surface area (Å²) in [5.74, 6) is -4.72. The standard InChI is InChI=1S/C24H19F3N4O4/c1-12-4-18(26)16(19(27)5-12)7-28-23(34)17-10-31-20(22(33)21(17)32)24(35)29-8-13-2-3-15(25)6-14(13)9-30(31)11-29/h2-6,10,33H,7-9,11H2,1H3,(H,28,34). The van der Waals surface area contributed by atoms with Crippen LogP contribution in [0, 0.1) is 24.4 Å². The summed E-state index contributed by atoms with van der Waals surface area (Å²) in [7, 11) is 0. The Bertz CT molecular complexity index is 1450. The van der Waals surface area contributed by atoms with Gasteiger partial charge in [0.15, 0.2) is 11.4 Å². The molecular formula is C24H19F3N4O4. The summed E-state index contributed by atoms with van der Waals surface area (Å²) in [5.41, 5.74) is -0.670. The first-order valence-electron chi connectivity index (χ1n) is 10.7. The number of carbonyl (C=O) groups is 2. The zero-order valence-electron chi connectivity index (χ0n) is 18.4. The second-order valence-corrected chi connectivity index (χ2v) is 8.53. The largest absolute Gasteiger partial charge is 0.502 e. The fraction of sp³-hybridized carbons (Fsp3) is 0.208. The van der Waals surface area contributed by atoms with Gasteiger partial charge in [-0.15, -0.1) is 0 Å². The number of pyridine rings is 1. The zero-order chi connectivity index (χ0) is 25.0. The highest BCUT2D eigenvalue weighted by molar-refractivity contribution is 5.99. The van der Waals surface area contributed by atoms with E-state index >= 15 is 0 Å². The minimum absolute atomic E-state index is 0.0608. The highest BCUT2D eigenvalue weighted by Gasteiger charge is 2.36. The molecule has 0 saturated heterocycles. The third kappa shape index (κ3) is 3.78. The summed E-state index contributed by atoms with van der Waals surface area (Å²) in [6.45, 7) is 1.32. The topological polar surface area (TPSA) is 94.9 Å². The van der Waals surface area contributed by atoms with E-state index in [0.29, 0.717) is 16.7 Å². The van der Waals surface area contributed by atoms with Crippen molar-refractivity contribution in [3.8, 4) is 5.75 Å². The first-order valence-corrected chi connectivity index (χ1v) is 10.7. The Kier molecular flexibility index (Phi) is 5.27. The van der Waals surface area contributed by atoms with E-state index in [1.807, 2.05) is 0 Å². The number of aromatic nitrogens is 1. The van der Waals surface area contributed by atoms with Crippen LogP contribution in [-0.4, -0.2) is 33.2 Å². The minimum Gasteiger partial charge on any atom is -0.502 e. The number of amides is 2. The molecule has 0 atom stereocenters. The van der Waals surface area contributed by atoms with Crippen LogP contribution < -0.4 is 15.8 Å². The quantitative estimate of drug-likeness (QED) is 0.595. The molecule has 3 heterocycles. The molecule has 0 unspecified atom stereocenters. The number of hydrogen-bond acceptors (Lipinski definition) is 5. The Morgan fingerprint density at radius 2 is 1.77 bits per heavy atom. The van der Waals surface area contributed by atoms with Gasteiger partial charge in [0.05, 0.1) is 6.54 Å². The monoisotopic (exact) mass is 484 g/mol. The number of halogens is 3. The highest BCUT2D eigenvalue weighted by Crippen LogP contribution is 2.28. The number of rotatable bonds is 3. The van der Waals surface area contributed by atoms with E-state index < -0.39 is 52.6 Å². The lowest BCUT2D eigenvalue weighted by Crippen LogP contribution is -2.52. The second kappa shape index (κ2) is 8.19. The first kappa shape index (κ1) is 22.5. The molecule has 2 aliphatic heterocycles. The lowest BCUT2D eigenvalue weighted by atomic mass is 10.1. The van der Waals surface area contributed by atoms with E-state index in [1.54, 1.807) is 11.1 Å². The van der Waals surface area contributed by atoms with Crippen molar-refractivity contribution < 1.29 is 27.9 Å². The molecule has 0 saturated carbocycles. The van der Waals surface area contributed by atoms with Crippen molar-refractivity contribution in [1.82, 2.24) is 14.9 Å². The Hall–Kier alpha value is -4.28. The van der Waals surface area contributed by atoms with E-state index in [1.165, 1.54) is 28.6 Å². The molecular weight excluding hydrogens is 465 g/mol. The molecule has 0 radical (unpaired) electrons. The Morgan fingerprint density at radius 3 is 2.49 bits per heavy atom. The summed E-state index contributed by atoms with van der Waals surface area (Å²) in [6.07, 6.45) is 1.09. The van der Waals surface area contributed by atoms with E-state index in [0.717, 1.165) is 18.3 Å². The molecule has 11 heteroatoms. The van der Waals surface area contributed by atoms with Crippen LogP contribution in [0.1, 0.15) is 43.1 Å². The average molecular weight is 484 g/mol. The first-order chi connectivity index (χ1) is 16.6. The fourth-order valence-corrected chi connectivity index (χ4v) is 4.36. The molecule has 1 aromatic heterocycles. The maximum Gasteiger partial charge on any atom is 0.278 e. The molecule has 5 rings (SSSR count). The van der Waals surface area contributed by atoms with Crippen LogP contribution in [0.3, 0.4) is 0 Å². The molecule has 3 aromatic rings. The van der Waals surface area contributed by atoms with Gasteiger partial charge >= 0.3 is 0 Å². The lowest BCUT2D eigenvalue weighted by Gasteiger charge is -2.37. The number of nitrogens with zero attached hydrogens (tertiary/aromatic N) is 3. The number of carbonyl (C=O) groups excluding carboxylic acids is 2. The van der Waals surface area contributed by atoms with Gasteiger partial charge in [0, 0.05) is 24.8 Å². The fourth-order valence-electron chi connectivity index (χ4n) is 4.36. The molecule has 180 valence electrons. The number of fused-ring (bicyclic) bond motifs is 5. The van der Waals surface area contributed by atoms with Crippen LogP contribution in [0.25, 0.3) is 0 Å². The van der Waals surface area contributed by atoms with Gasteiger partial charge in [-0.05, 0) is 47.9 Å². The van der Waals surface area contributed by atoms with Crippen molar-refractivity contribution >= 4 is 11.8 Å². The summed E-state index contributed by atoms with van der Waals surface area (Å²) in [5, 5.41) is 14.4. The van der Waals surface area contributed by atoms with Crippen molar-refractivity contribution in [1.29, 1.82) is 0 Å². The van der Waals surface area contributed by atoms with Crippen molar-refractivity contribution in [2.45, 2.75) is 26.6 Å². The normalized spacial score (nSPS) is 14.3. The number of benzene rings is 2. The third-order valence-corrected chi connectivity index (χ3v) is 6.13. The summed E-state index contributed by atoms with van der Waals surface area (Å²) >= 11 is 0. The van der Waals surface area contributed by atoms with Gasteiger partial charge in [-0.1, -0.05) is 6.07 Å². The molecule has 2 aromatic carbocycles. The Labute approximate surface area is 196 Å². The van der Waals surface area contributed by atoms with Gasteiger partial charge in [-0.2, -0.15) is 0 Å². The molecule has 2 aliphatic rings. The van der Waals surface area contributed by atoms with Gasteiger partial charge in [-0.25, -0.2) is 13.2 Å². The second-order valence-electron chi connectivity index (χ2n) is 8.53. The van der Waals surface area contributed by atoms with Gasteiger partial charge in [0.2, 0.25) is 5.43 Å². The zero-order valence-corrected chi connectivity index (χ0v) is 18.4. The molecule has 2 amide bonds. The van der Waals surface area contributed by atoms with Gasteiger partial charge in [0.25, 0.3) is 11.8 Å². The third-order valence-electron chi connectivity index (χ3n) is 6.13. The molecule has 2 bridgehead atoms. The van der Waals surface area contributed by atoms with Gasteiger partial charge < -0.3 is 15.3 Å². The summed E-state index contributed by atoms with van der Waals surface area (Å²) in [4.78, 5) is 40.0. The van der Waals surface area contributed by atoms with Crippen LogP contribution in [-0.2, 0) is 19.6 Å². The SMILES string of the molecule is Cc1cc(F)c(CNC(=O)c2cn3c(c(O)c2=O)C(=O)N2Cc4ccc(F)cc4CN3C2)c(F)c1. The molecule has 0 fully saturated rings. The molecule has 8 nitrogen and oxygen atoms in total. The molecule has 2 N–H and O–H groups in total. The number of aryl methyl sites for hydroxylation is 1. The van der Waals surface area contributed by atoms with E-state index in [9.17, 15) is 32.7 Å². The van der Waals surface area contributed by atoms with Gasteiger partial charge in [-0.3, -0.25) is 24.1 Å². The van der Waals surface area contributed by atoms with Crippen LogP contribution in [0.4, 0.5) is 13.2 Å². The van der Waals surface area contributed by atoms with E-state index in [2.05, 4.69) is 5.32 Å². The Morgan fingerprint density at radius 1 is 1.06 bits per heavy atom. The van der Waals surface area contributed by atoms with Crippen molar-refractivity contribution in [3.63, 3.8) is 0 Å². The van der Waals surface area contributed by atoms with Crippen LogP contribution in [0.15, 0.2) is 41.3 Å². The van der Waals surface area contributed by atoms with Crippen LogP contribution in [0.2, 0.25) is 0 Å². The summed E-state index contributed by atoms with van der Waals surface area (Å²) < 4.78 is 43.3. The van der Waals surface area contributed by atoms with E-state index in [-0.39, 0.29) is 31.0 Å². The molecule has 35 heavy (non-hydrogen) atoms. The number of aromatic hydroxyl groups is 1. The van der Waals surface area contributed by atoms with Crippen LogP contribution >= 0.6 is 0 Å². The maximum atomic E-state index is 14.1. The molecule has 0 aliphatic carbocycles.